The Kier molecular flexibility index (Phi) is 8.53. The molecule has 0 N–H and O–H groups in total. The van der Waals surface area contributed by atoms with Crippen LogP contribution in [0, 0.1) is 12.1 Å². The predicted molar refractivity (Wildman–Crippen MR) is 247 cm³/mol. The Morgan fingerprint density at radius 3 is 1.87 bits per heavy atom. The number of hydrogen-bond acceptors (Lipinski definition) is 4. The largest absolute Gasteiger partial charge is 2.00 e. The SMILES string of the molecule is [Pt+2].[c-]1c(Oc2[c-]c3c(cc2)c2ncccc2n2c(-c4ccccc4)c(-c4ccccc4)nc32)ccc2c1-n1c3ncccc3c3cccc(c31)C2(c1ccccc1)c1ccccc1. The molecule has 0 fully saturated rings. The van der Waals surface area contributed by atoms with Crippen molar-refractivity contribution in [3.8, 4) is 39.7 Å². The minimum atomic E-state index is -0.654. The van der Waals surface area contributed by atoms with Gasteiger partial charge in [-0.3, -0.25) is 9.97 Å². The average Bonchev–Trinajstić information content (AvgIpc) is 3.92. The summed E-state index contributed by atoms with van der Waals surface area (Å²) in [6, 6.07) is 73.1. The number of imidazole rings is 1. The number of nitrogens with zero attached hydrogens (tertiary/aromatic N) is 5. The molecule has 12 aromatic rings. The molecule has 0 atom stereocenters. The van der Waals surface area contributed by atoms with Gasteiger partial charge in [0.05, 0.1) is 33.6 Å². The maximum atomic E-state index is 6.87. The van der Waals surface area contributed by atoms with Crippen LogP contribution in [-0.2, 0) is 26.5 Å². The topological polar surface area (TPSA) is 57.2 Å². The molecule has 0 amide bonds. The van der Waals surface area contributed by atoms with Gasteiger partial charge in [-0.05, 0) is 46.5 Å². The summed E-state index contributed by atoms with van der Waals surface area (Å²) < 4.78 is 11.4. The van der Waals surface area contributed by atoms with E-state index in [1.807, 2.05) is 48.8 Å². The second-order valence-electron chi connectivity index (χ2n) is 15.8. The van der Waals surface area contributed by atoms with Crippen LogP contribution in [0.4, 0.5) is 0 Å². The standard InChI is InChI=1S/C56H33N5O.Pt/c1-5-16-36(17-6-1)50-52(37-18-7-2-8-19-37)60-48-27-15-32-57-51(48)42-30-28-40(34-45(42)55(60)59-50)62-41-29-31-46-49(35-41)61-53-43(44-25-14-33-58-54(44)61)24-13-26-47(53)56(46,38-20-9-3-10-21-38)39-22-11-4-12-23-39;/h1-33H;/q-2;+2. The monoisotopic (exact) mass is 986 g/mol. The molecule has 0 aliphatic carbocycles. The summed E-state index contributed by atoms with van der Waals surface area (Å²) in [5, 5.41) is 3.99. The van der Waals surface area contributed by atoms with Crippen LogP contribution in [0.3, 0.4) is 0 Å². The molecule has 1 aliphatic heterocycles. The molecule has 63 heavy (non-hydrogen) atoms. The van der Waals surface area contributed by atoms with Crippen molar-refractivity contribution in [3.05, 3.63) is 235 Å². The van der Waals surface area contributed by atoms with Gasteiger partial charge in [0.2, 0.25) is 0 Å². The Balaban J connectivity index is 0.00000421. The zero-order valence-corrected chi connectivity index (χ0v) is 35.8. The van der Waals surface area contributed by atoms with Crippen molar-refractivity contribution in [2.24, 2.45) is 0 Å². The molecule has 6 nitrogen and oxygen atoms in total. The molecule has 7 heteroatoms. The number of ether oxygens (including phenoxy) is 1. The smallest absolute Gasteiger partial charge is 0.503 e. The van der Waals surface area contributed by atoms with Gasteiger partial charge in [0, 0.05) is 45.6 Å². The first-order chi connectivity index (χ1) is 30.8. The Hall–Kier alpha value is -7.66. The van der Waals surface area contributed by atoms with E-state index in [9.17, 15) is 0 Å². The minimum absolute atomic E-state index is 0. The van der Waals surface area contributed by atoms with Crippen LogP contribution in [0.25, 0.3) is 77.6 Å². The summed E-state index contributed by atoms with van der Waals surface area (Å²) in [6.07, 6.45) is 3.71. The first kappa shape index (κ1) is 37.1. The molecule has 298 valence electrons. The van der Waals surface area contributed by atoms with E-state index in [0.717, 1.165) is 83.2 Å². The van der Waals surface area contributed by atoms with E-state index in [1.165, 1.54) is 16.7 Å². The van der Waals surface area contributed by atoms with Crippen LogP contribution >= 0.6 is 0 Å². The number of benzene rings is 7. The van der Waals surface area contributed by atoms with Gasteiger partial charge in [0.15, 0.2) is 0 Å². The first-order valence-electron chi connectivity index (χ1n) is 20.8. The van der Waals surface area contributed by atoms with E-state index in [4.69, 9.17) is 19.7 Å². The molecule has 6 heterocycles. The number of fused-ring (bicyclic) bond motifs is 11. The number of rotatable bonds is 6. The van der Waals surface area contributed by atoms with E-state index in [2.05, 4.69) is 173 Å². The quantitative estimate of drug-likeness (QED) is 0.123. The Morgan fingerprint density at radius 2 is 1.13 bits per heavy atom. The third kappa shape index (κ3) is 5.38. The molecule has 13 rings (SSSR count). The molecular formula is C56H33N5OPt. The van der Waals surface area contributed by atoms with Gasteiger partial charge in [-0.2, -0.15) is 6.07 Å². The zero-order valence-electron chi connectivity index (χ0n) is 33.5. The maximum absolute atomic E-state index is 6.87. The summed E-state index contributed by atoms with van der Waals surface area (Å²) in [5.74, 6) is 1.11. The van der Waals surface area contributed by atoms with Gasteiger partial charge in [-0.25, -0.2) is 4.98 Å². The van der Waals surface area contributed by atoms with E-state index in [-0.39, 0.29) is 21.1 Å². The molecule has 0 bridgehead atoms. The average molecular weight is 987 g/mol. The van der Waals surface area contributed by atoms with Gasteiger partial charge in [0.25, 0.3) is 0 Å². The van der Waals surface area contributed by atoms with Crippen LogP contribution in [-0.4, -0.2) is 23.9 Å². The summed E-state index contributed by atoms with van der Waals surface area (Å²) in [7, 11) is 0. The minimum Gasteiger partial charge on any atom is -0.503 e. The second-order valence-corrected chi connectivity index (χ2v) is 15.8. The van der Waals surface area contributed by atoms with Crippen molar-refractivity contribution in [3.63, 3.8) is 0 Å². The molecule has 1 aliphatic rings. The van der Waals surface area contributed by atoms with Crippen molar-refractivity contribution in [1.29, 1.82) is 0 Å². The summed E-state index contributed by atoms with van der Waals surface area (Å²) in [5.41, 5.74) is 13.4. The second kappa shape index (κ2) is 14.5. The molecular weight excluding hydrogens is 954 g/mol. The summed E-state index contributed by atoms with van der Waals surface area (Å²) >= 11 is 0. The first-order valence-corrected chi connectivity index (χ1v) is 20.8. The van der Waals surface area contributed by atoms with Gasteiger partial charge in [-0.15, -0.1) is 23.8 Å². The Labute approximate surface area is 377 Å². The number of pyridine rings is 3. The molecule has 7 aromatic carbocycles. The fourth-order valence-electron chi connectivity index (χ4n) is 10.0. The molecule has 0 saturated heterocycles. The normalized spacial score (nSPS) is 12.8. The van der Waals surface area contributed by atoms with E-state index in [1.54, 1.807) is 0 Å². The van der Waals surface area contributed by atoms with Crippen LogP contribution in [0.5, 0.6) is 11.5 Å². The third-order valence-electron chi connectivity index (χ3n) is 12.5. The predicted octanol–water partition coefficient (Wildman–Crippen LogP) is 12.9. The Morgan fingerprint density at radius 1 is 0.492 bits per heavy atom. The zero-order chi connectivity index (χ0) is 40.8. The molecule has 0 spiro atoms. The molecule has 0 saturated carbocycles. The summed E-state index contributed by atoms with van der Waals surface area (Å²) in [6.45, 7) is 0. The van der Waals surface area contributed by atoms with Gasteiger partial charge in [-0.1, -0.05) is 168 Å². The fourth-order valence-corrected chi connectivity index (χ4v) is 10.0. The van der Waals surface area contributed by atoms with Crippen LogP contribution in [0.2, 0.25) is 0 Å². The van der Waals surface area contributed by atoms with Gasteiger partial charge in [0.1, 0.15) is 5.65 Å². The van der Waals surface area contributed by atoms with E-state index < -0.39 is 5.41 Å². The van der Waals surface area contributed by atoms with Gasteiger partial charge >= 0.3 is 21.1 Å². The number of hydrogen-bond donors (Lipinski definition) is 0. The fraction of sp³-hybridized carbons (Fsp3) is 0.0179. The van der Waals surface area contributed by atoms with Crippen LogP contribution in [0.1, 0.15) is 22.3 Å². The van der Waals surface area contributed by atoms with Crippen molar-refractivity contribution in [1.82, 2.24) is 23.9 Å². The molecule has 5 aromatic heterocycles. The van der Waals surface area contributed by atoms with Crippen molar-refractivity contribution >= 4 is 49.4 Å². The van der Waals surface area contributed by atoms with Crippen molar-refractivity contribution in [2.75, 3.05) is 0 Å². The maximum Gasteiger partial charge on any atom is 2.00 e. The number of para-hydroxylation sites is 1. The third-order valence-corrected chi connectivity index (χ3v) is 12.5. The van der Waals surface area contributed by atoms with Gasteiger partial charge < -0.3 is 13.7 Å². The molecule has 0 unspecified atom stereocenters. The van der Waals surface area contributed by atoms with Crippen LogP contribution < -0.4 is 4.74 Å². The number of aromatic nitrogens is 5. The van der Waals surface area contributed by atoms with Crippen molar-refractivity contribution < 1.29 is 25.8 Å². The van der Waals surface area contributed by atoms with Crippen LogP contribution in [0.15, 0.2) is 200 Å². The Bertz CT molecular complexity index is 3680. The van der Waals surface area contributed by atoms with E-state index >= 15 is 0 Å². The van der Waals surface area contributed by atoms with Crippen molar-refractivity contribution in [2.45, 2.75) is 5.41 Å². The molecule has 0 radical (unpaired) electrons. The summed E-state index contributed by atoms with van der Waals surface area (Å²) in [4.78, 5) is 15.3. The van der Waals surface area contributed by atoms with E-state index in [0.29, 0.717) is 11.5 Å².